The predicted octanol–water partition coefficient (Wildman–Crippen LogP) is 4.84. The lowest BCUT2D eigenvalue weighted by atomic mass is 9.72. The number of hydrogen-bond acceptors (Lipinski definition) is 5. The van der Waals surface area contributed by atoms with Crippen LogP contribution >= 0.6 is 34.7 Å². The third kappa shape index (κ3) is 3.35. The largest absolute Gasteiger partial charge is 0.493 e. The second kappa shape index (κ2) is 7.48. The number of anilines is 1. The molecule has 0 spiro atoms. The van der Waals surface area contributed by atoms with E-state index in [9.17, 15) is 9.59 Å². The van der Waals surface area contributed by atoms with E-state index in [1.54, 1.807) is 40.6 Å². The Balaban J connectivity index is 1.48. The molecule has 0 bridgehead atoms. The Morgan fingerprint density at radius 3 is 2.83 bits per heavy atom. The Bertz CT molecular complexity index is 1190. The molecule has 0 unspecified atom stereocenters. The van der Waals surface area contributed by atoms with Gasteiger partial charge in [-0.05, 0) is 30.3 Å². The highest BCUT2D eigenvalue weighted by atomic mass is 35.5. The van der Waals surface area contributed by atoms with Gasteiger partial charge in [-0.15, -0.1) is 11.8 Å². The molecule has 8 heteroatoms. The van der Waals surface area contributed by atoms with E-state index in [1.807, 2.05) is 18.2 Å². The number of carbonyl (C=O) groups is 1. The van der Waals surface area contributed by atoms with Crippen LogP contribution in [-0.2, 0) is 11.3 Å². The average Bonchev–Trinajstić information content (AvgIpc) is 3.04. The van der Waals surface area contributed by atoms with Gasteiger partial charge in [0, 0.05) is 38.2 Å². The molecular weight excluding hydrogens is 440 g/mol. The summed E-state index contributed by atoms with van der Waals surface area (Å²) in [6.45, 7) is 2.82. The van der Waals surface area contributed by atoms with Crippen molar-refractivity contribution in [3.63, 3.8) is 0 Å². The van der Waals surface area contributed by atoms with Gasteiger partial charge in [0.1, 0.15) is 12.3 Å². The van der Waals surface area contributed by atoms with Crippen molar-refractivity contribution < 1.29 is 9.53 Å². The SMILES string of the molecule is C[C@]12COc3ccccc3[C@@H]1c1sc(=O)n(CC(=O)Nc3ccc(Cl)cc3)c1SC2. The second-order valence-electron chi connectivity index (χ2n) is 7.88. The molecule has 3 aromatic rings. The molecule has 0 saturated heterocycles. The molecule has 2 aromatic carbocycles. The van der Waals surface area contributed by atoms with Gasteiger partial charge in [-0.3, -0.25) is 14.2 Å². The molecule has 0 saturated carbocycles. The maximum Gasteiger partial charge on any atom is 0.308 e. The summed E-state index contributed by atoms with van der Waals surface area (Å²) in [7, 11) is 0. The predicted molar refractivity (Wildman–Crippen MR) is 121 cm³/mol. The van der Waals surface area contributed by atoms with Crippen LogP contribution in [0.3, 0.4) is 0 Å². The molecule has 2 aliphatic rings. The van der Waals surface area contributed by atoms with E-state index in [-0.39, 0.29) is 28.7 Å². The number of thiazole rings is 1. The van der Waals surface area contributed by atoms with E-state index < -0.39 is 0 Å². The van der Waals surface area contributed by atoms with Crippen molar-refractivity contribution in [2.75, 3.05) is 17.7 Å². The molecule has 0 fully saturated rings. The molecule has 154 valence electrons. The number of para-hydroxylation sites is 1. The zero-order chi connectivity index (χ0) is 20.9. The van der Waals surface area contributed by atoms with Crippen molar-refractivity contribution in [1.29, 1.82) is 0 Å². The molecule has 2 atom stereocenters. The minimum Gasteiger partial charge on any atom is -0.493 e. The van der Waals surface area contributed by atoms with Crippen LogP contribution in [0, 0.1) is 5.41 Å². The minimum atomic E-state index is -0.235. The topological polar surface area (TPSA) is 60.3 Å². The summed E-state index contributed by atoms with van der Waals surface area (Å²) < 4.78 is 7.62. The Kier molecular flexibility index (Phi) is 4.92. The first-order valence-corrected chi connectivity index (χ1v) is 11.8. The molecule has 30 heavy (non-hydrogen) atoms. The van der Waals surface area contributed by atoms with Crippen molar-refractivity contribution in [3.05, 3.63) is 73.7 Å². The number of aromatic nitrogens is 1. The summed E-state index contributed by atoms with van der Waals surface area (Å²) >= 11 is 8.79. The lowest BCUT2D eigenvalue weighted by Crippen LogP contribution is -2.41. The van der Waals surface area contributed by atoms with Crippen LogP contribution in [0.25, 0.3) is 0 Å². The number of nitrogens with one attached hydrogen (secondary N) is 1. The van der Waals surface area contributed by atoms with Gasteiger partial charge in [-0.2, -0.15) is 0 Å². The lowest BCUT2D eigenvalue weighted by molar-refractivity contribution is -0.116. The van der Waals surface area contributed by atoms with Crippen molar-refractivity contribution in [2.24, 2.45) is 5.41 Å². The minimum absolute atomic E-state index is 0.0120. The maximum absolute atomic E-state index is 12.9. The quantitative estimate of drug-likeness (QED) is 0.610. The van der Waals surface area contributed by atoms with Crippen LogP contribution in [0.15, 0.2) is 58.4 Å². The summed E-state index contributed by atoms with van der Waals surface area (Å²) in [4.78, 5) is 26.4. The summed E-state index contributed by atoms with van der Waals surface area (Å²) in [5.41, 5.74) is 1.68. The number of fused-ring (bicyclic) bond motifs is 5. The van der Waals surface area contributed by atoms with Gasteiger partial charge in [-0.25, -0.2) is 0 Å². The van der Waals surface area contributed by atoms with E-state index in [2.05, 4.69) is 18.3 Å². The fraction of sp³-hybridized carbons (Fsp3) is 0.273. The Morgan fingerprint density at radius 2 is 2.03 bits per heavy atom. The van der Waals surface area contributed by atoms with Gasteiger partial charge in [0.25, 0.3) is 0 Å². The summed E-state index contributed by atoms with van der Waals surface area (Å²) in [5.74, 6) is 1.57. The van der Waals surface area contributed by atoms with Crippen molar-refractivity contribution in [1.82, 2.24) is 4.57 Å². The molecule has 1 aromatic heterocycles. The molecule has 1 N–H and O–H groups in total. The highest BCUT2D eigenvalue weighted by Crippen LogP contribution is 2.56. The molecule has 0 radical (unpaired) electrons. The van der Waals surface area contributed by atoms with Crippen LogP contribution in [0.1, 0.15) is 23.3 Å². The number of hydrogen-bond donors (Lipinski definition) is 1. The van der Waals surface area contributed by atoms with Gasteiger partial charge in [0.05, 0.1) is 11.6 Å². The Morgan fingerprint density at radius 1 is 1.27 bits per heavy atom. The van der Waals surface area contributed by atoms with Gasteiger partial charge in [0.2, 0.25) is 5.91 Å². The van der Waals surface area contributed by atoms with Crippen molar-refractivity contribution >= 4 is 46.3 Å². The number of thioether (sulfide) groups is 1. The number of halogens is 1. The molecule has 0 aliphatic carbocycles. The third-order valence-corrected chi connectivity index (χ3v) is 8.53. The van der Waals surface area contributed by atoms with E-state index in [4.69, 9.17) is 16.3 Å². The van der Waals surface area contributed by atoms with Gasteiger partial charge in [0.15, 0.2) is 0 Å². The normalized spacial score (nSPS) is 21.7. The highest BCUT2D eigenvalue weighted by molar-refractivity contribution is 7.99. The van der Waals surface area contributed by atoms with E-state index in [1.165, 1.54) is 11.3 Å². The van der Waals surface area contributed by atoms with Crippen molar-refractivity contribution in [3.8, 4) is 5.75 Å². The number of rotatable bonds is 3. The number of amides is 1. The maximum atomic E-state index is 12.9. The molecule has 3 heterocycles. The van der Waals surface area contributed by atoms with Gasteiger partial charge in [-0.1, -0.05) is 48.1 Å². The first-order valence-electron chi connectivity index (χ1n) is 9.58. The highest BCUT2D eigenvalue weighted by Gasteiger charge is 2.47. The van der Waals surface area contributed by atoms with E-state index in [0.717, 1.165) is 27.0 Å². The second-order valence-corrected chi connectivity index (χ2v) is 10.3. The van der Waals surface area contributed by atoms with Crippen LogP contribution in [0.5, 0.6) is 5.75 Å². The summed E-state index contributed by atoms with van der Waals surface area (Å²) in [6, 6.07) is 15.0. The van der Waals surface area contributed by atoms with Crippen LogP contribution in [-0.4, -0.2) is 22.8 Å². The fourth-order valence-electron chi connectivity index (χ4n) is 4.12. The standard InChI is InChI=1S/C22H19ClN2O3S2/c1-22-11-28-16-5-3-2-4-15(16)18(22)19-20(29-12-22)25(21(27)30-19)10-17(26)24-14-8-6-13(23)7-9-14/h2-9,18H,10-12H2,1H3,(H,24,26)/t18-,22-/m1/s1. The zero-order valence-corrected chi connectivity index (χ0v) is 18.6. The third-order valence-electron chi connectivity index (χ3n) is 5.59. The van der Waals surface area contributed by atoms with Gasteiger partial charge < -0.3 is 10.1 Å². The number of ether oxygens (including phenoxy) is 1. The Hall–Kier alpha value is -2.22. The number of carbonyl (C=O) groups excluding carboxylic acids is 1. The first kappa shape index (κ1) is 19.7. The van der Waals surface area contributed by atoms with E-state index in [0.29, 0.717) is 17.3 Å². The number of benzene rings is 2. The molecular formula is C22H19ClN2O3S2. The lowest BCUT2D eigenvalue weighted by Gasteiger charge is -2.44. The van der Waals surface area contributed by atoms with Crippen molar-refractivity contribution in [2.45, 2.75) is 24.4 Å². The molecule has 2 aliphatic heterocycles. The van der Waals surface area contributed by atoms with Crippen LogP contribution in [0.4, 0.5) is 5.69 Å². The molecule has 5 rings (SSSR count). The molecule has 1 amide bonds. The molecule has 5 nitrogen and oxygen atoms in total. The smallest absolute Gasteiger partial charge is 0.308 e. The van der Waals surface area contributed by atoms with Crippen LogP contribution in [0.2, 0.25) is 5.02 Å². The average molecular weight is 459 g/mol. The summed E-state index contributed by atoms with van der Waals surface area (Å²) in [5, 5.41) is 4.34. The Labute approximate surface area is 187 Å². The van der Waals surface area contributed by atoms with Crippen LogP contribution < -0.4 is 14.9 Å². The fourth-order valence-corrected chi connectivity index (χ4v) is 7.07. The monoisotopic (exact) mass is 458 g/mol. The van der Waals surface area contributed by atoms with Gasteiger partial charge >= 0.3 is 4.87 Å². The zero-order valence-electron chi connectivity index (χ0n) is 16.2. The van der Waals surface area contributed by atoms with E-state index >= 15 is 0 Å². The number of nitrogens with zero attached hydrogens (tertiary/aromatic N) is 1. The first-order chi connectivity index (χ1) is 14.4. The summed E-state index contributed by atoms with van der Waals surface area (Å²) in [6.07, 6.45) is 0.